The zero-order valence-electron chi connectivity index (χ0n) is 19.5. The highest BCUT2D eigenvalue weighted by Crippen LogP contribution is 2.41. The monoisotopic (exact) mass is 462 g/mol. The van der Waals surface area contributed by atoms with E-state index in [9.17, 15) is 14.7 Å². The Morgan fingerprint density at radius 2 is 1.79 bits per heavy atom. The van der Waals surface area contributed by atoms with Gasteiger partial charge >= 0.3 is 12.1 Å². The average molecular weight is 463 g/mol. The summed E-state index contributed by atoms with van der Waals surface area (Å²) < 4.78 is 7.30. The Hall–Kier alpha value is -3.55. The third-order valence-corrected chi connectivity index (χ3v) is 7.27. The number of carbonyl (C=O) groups is 2. The fourth-order valence-electron chi connectivity index (χ4n) is 5.46. The molecule has 0 unspecified atom stereocenters. The molecule has 5 rings (SSSR count). The van der Waals surface area contributed by atoms with Crippen molar-refractivity contribution in [2.45, 2.75) is 57.5 Å². The number of imidazole rings is 1. The van der Waals surface area contributed by atoms with Crippen molar-refractivity contribution in [2.24, 2.45) is 5.92 Å². The van der Waals surface area contributed by atoms with E-state index < -0.39 is 5.97 Å². The Bertz CT molecular complexity index is 1210. The number of aromatic nitrogens is 2. The van der Waals surface area contributed by atoms with E-state index in [4.69, 9.17) is 9.72 Å². The number of carbonyl (C=O) groups excluding carboxylic acids is 1. The first-order chi connectivity index (χ1) is 16.5. The normalized spacial score (nSPS) is 22.3. The molecule has 2 N–H and O–H groups in total. The van der Waals surface area contributed by atoms with Gasteiger partial charge in [0.1, 0.15) is 0 Å². The van der Waals surface area contributed by atoms with Crippen LogP contribution in [0.1, 0.15) is 50.6 Å². The second-order valence-electron chi connectivity index (χ2n) is 9.30. The number of anilines is 3. The highest BCUT2D eigenvalue weighted by Gasteiger charge is 2.33. The Morgan fingerprint density at radius 3 is 2.47 bits per heavy atom. The minimum atomic E-state index is -0.706. The van der Waals surface area contributed by atoms with Gasteiger partial charge in [-0.15, -0.1) is 0 Å². The van der Waals surface area contributed by atoms with E-state index in [-0.39, 0.29) is 24.1 Å². The fraction of sp³-hybridized carbons (Fsp3) is 0.423. The number of fused-ring (bicyclic) bond motifs is 3. The third-order valence-electron chi connectivity index (χ3n) is 7.27. The summed E-state index contributed by atoms with van der Waals surface area (Å²) in [5, 5.41) is 12.9. The molecule has 8 heteroatoms. The quantitative estimate of drug-likeness (QED) is 0.531. The summed E-state index contributed by atoms with van der Waals surface area (Å²) in [7, 11) is 1.41. The van der Waals surface area contributed by atoms with E-state index in [1.54, 1.807) is 4.90 Å². The number of rotatable bonds is 4. The molecule has 178 valence electrons. The number of nitrogens with zero attached hydrogens (tertiary/aromatic N) is 3. The van der Waals surface area contributed by atoms with Crippen LogP contribution in [0.2, 0.25) is 0 Å². The second kappa shape index (κ2) is 9.00. The van der Waals surface area contributed by atoms with Crippen LogP contribution in [-0.4, -0.2) is 39.9 Å². The number of amides is 1. The molecule has 2 aromatic carbocycles. The van der Waals surface area contributed by atoms with E-state index in [2.05, 4.69) is 9.88 Å². The lowest BCUT2D eigenvalue weighted by Crippen LogP contribution is -2.42. The van der Waals surface area contributed by atoms with Crippen molar-refractivity contribution in [1.82, 2.24) is 9.55 Å². The molecular formula is C26H30N4O4. The van der Waals surface area contributed by atoms with E-state index >= 15 is 0 Å². The number of para-hydroxylation sites is 1. The first kappa shape index (κ1) is 22.3. The molecule has 0 bridgehead atoms. The number of carboxylic acid groups (broad SMARTS) is 1. The van der Waals surface area contributed by atoms with Crippen LogP contribution in [0.15, 0.2) is 42.5 Å². The molecule has 3 aromatic rings. The largest absolute Gasteiger partial charge is 0.481 e. The van der Waals surface area contributed by atoms with Crippen molar-refractivity contribution >= 4 is 40.4 Å². The maximum atomic E-state index is 12.5. The fourth-order valence-corrected chi connectivity index (χ4v) is 5.46. The van der Waals surface area contributed by atoms with Crippen LogP contribution in [0.4, 0.5) is 22.1 Å². The number of ether oxygens (including phenoxy) is 1. The molecule has 2 heterocycles. The first-order valence-electron chi connectivity index (χ1n) is 11.9. The number of methoxy groups -OCH3 is 1. The standard InChI is InChI=1S/C26H30N4O4/c1-16-8-13-20-21(29(16)26(33)34-2)14-15-22-23(20)28-25(27-18-6-4-3-5-7-18)30(22)19-11-9-17(10-12-19)24(31)32/h3-7,14-17,19H,8-13H2,1-2H3,(H,27,28)(H,31,32)/t16-,17?,19?/m0/s1. The number of aryl methyl sites for hydroxylation is 1. The zero-order chi connectivity index (χ0) is 23.8. The molecule has 2 aliphatic rings. The highest BCUT2D eigenvalue weighted by molar-refractivity contribution is 5.96. The van der Waals surface area contributed by atoms with Crippen molar-refractivity contribution in [3.05, 3.63) is 48.0 Å². The van der Waals surface area contributed by atoms with Gasteiger partial charge in [-0.2, -0.15) is 0 Å². The maximum absolute atomic E-state index is 12.5. The Balaban J connectivity index is 1.61. The van der Waals surface area contributed by atoms with Crippen LogP contribution in [-0.2, 0) is 16.0 Å². The molecule has 34 heavy (non-hydrogen) atoms. The molecule has 0 saturated heterocycles. The van der Waals surface area contributed by atoms with Crippen molar-refractivity contribution in [3.63, 3.8) is 0 Å². The van der Waals surface area contributed by atoms with Gasteiger partial charge in [-0.3, -0.25) is 9.69 Å². The van der Waals surface area contributed by atoms with Gasteiger partial charge in [-0.1, -0.05) is 18.2 Å². The van der Waals surface area contributed by atoms with E-state index in [1.165, 1.54) is 7.11 Å². The number of benzene rings is 2. The van der Waals surface area contributed by atoms with Gasteiger partial charge in [0.15, 0.2) is 0 Å². The lowest BCUT2D eigenvalue weighted by Gasteiger charge is -2.34. The molecular weight excluding hydrogens is 432 g/mol. The topological polar surface area (TPSA) is 96.7 Å². The molecule has 1 aromatic heterocycles. The third kappa shape index (κ3) is 3.87. The summed E-state index contributed by atoms with van der Waals surface area (Å²) >= 11 is 0. The van der Waals surface area contributed by atoms with Crippen molar-refractivity contribution in [3.8, 4) is 0 Å². The van der Waals surface area contributed by atoms with Crippen LogP contribution in [0, 0.1) is 5.92 Å². The SMILES string of the molecule is COC(=O)N1c2ccc3c(nc(Nc4ccccc4)n3C3CCC(C(=O)O)CC3)c2CC[C@@H]1C. The van der Waals surface area contributed by atoms with Gasteiger partial charge < -0.3 is 19.7 Å². The molecule has 1 amide bonds. The van der Waals surface area contributed by atoms with Crippen LogP contribution in [0.25, 0.3) is 11.0 Å². The number of hydrogen-bond acceptors (Lipinski definition) is 5. The number of nitrogens with one attached hydrogen (secondary N) is 1. The lowest BCUT2D eigenvalue weighted by molar-refractivity contribution is -0.143. The molecule has 1 atom stereocenters. The van der Waals surface area contributed by atoms with E-state index in [0.29, 0.717) is 12.8 Å². The summed E-state index contributed by atoms with van der Waals surface area (Å²) in [6, 6.07) is 14.2. The van der Waals surface area contributed by atoms with Crippen LogP contribution in [0.5, 0.6) is 0 Å². The van der Waals surface area contributed by atoms with E-state index in [0.717, 1.165) is 59.6 Å². The predicted octanol–water partition coefficient (Wildman–Crippen LogP) is 5.50. The van der Waals surface area contributed by atoms with Gasteiger partial charge in [0, 0.05) is 23.3 Å². The summed E-state index contributed by atoms with van der Waals surface area (Å²) in [4.78, 5) is 30.8. The van der Waals surface area contributed by atoms with Crippen LogP contribution < -0.4 is 10.2 Å². The molecule has 1 aliphatic carbocycles. The van der Waals surface area contributed by atoms with Gasteiger partial charge in [0.05, 0.1) is 29.7 Å². The Labute approximate surface area is 198 Å². The summed E-state index contributed by atoms with van der Waals surface area (Å²) in [6.45, 7) is 2.03. The molecule has 1 aliphatic heterocycles. The zero-order valence-corrected chi connectivity index (χ0v) is 19.5. The molecule has 0 radical (unpaired) electrons. The van der Waals surface area contributed by atoms with Crippen LogP contribution >= 0.6 is 0 Å². The van der Waals surface area contributed by atoms with Crippen LogP contribution in [0.3, 0.4) is 0 Å². The van der Waals surface area contributed by atoms with Gasteiger partial charge in [0.2, 0.25) is 5.95 Å². The Morgan fingerprint density at radius 1 is 1.06 bits per heavy atom. The summed E-state index contributed by atoms with van der Waals surface area (Å²) in [6.07, 6.45) is 4.19. The lowest BCUT2D eigenvalue weighted by atomic mass is 9.86. The van der Waals surface area contributed by atoms with Gasteiger partial charge in [-0.25, -0.2) is 9.78 Å². The van der Waals surface area contributed by atoms with Gasteiger partial charge in [0.25, 0.3) is 0 Å². The van der Waals surface area contributed by atoms with Crippen molar-refractivity contribution in [1.29, 1.82) is 0 Å². The molecule has 1 fully saturated rings. The summed E-state index contributed by atoms with van der Waals surface area (Å²) in [5.41, 5.74) is 4.74. The number of hydrogen-bond donors (Lipinski definition) is 2. The predicted molar refractivity (Wildman–Crippen MR) is 131 cm³/mol. The number of aliphatic carboxylic acids is 1. The average Bonchev–Trinajstić information content (AvgIpc) is 3.22. The smallest absolute Gasteiger partial charge is 0.414 e. The molecule has 8 nitrogen and oxygen atoms in total. The van der Waals surface area contributed by atoms with Crippen molar-refractivity contribution in [2.75, 3.05) is 17.3 Å². The summed E-state index contributed by atoms with van der Waals surface area (Å²) in [5.74, 6) is -0.237. The Kier molecular flexibility index (Phi) is 5.89. The minimum Gasteiger partial charge on any atom is -0.481 e. The van der Waals surface area contributed by atoms with E-state index in [1.807, 2.05) is 49.4 Å². The van der Waals surface area contributed by atoms with Crippen molar-refractivity contribution < 1.29 is 19.4 Å². The highest BCUT2D eigenvalue weighted by atomic mass is 16.5. The molecule has 0 spiro atoms. The first-order valence-corrected chi connectivity index (χ1v) is 11.9. The van der Waals surface area contributed by atoms with Gasteiger partial charge in [-0.05, 0) is 69.7 Å². The maximum Gasteiger partial charge on any atom is 0.414 e. The molecule has 1 saturated carbocycles. The number of carboxylic acids is 1. The minimum absolute atomic E-state index is 0.0488. The second-order valence-corrected chi connectivity index (χ2v) is 9.30.